The Morgan fingerprint density at radius 3 is 2.57 bits per heavy atom. The molecule has 1 fully saturated rings. The van der Waals surface area contributed by atoms with Crippen molar-refractivity contribution in [1.29, 1.82) is 0 Å². The zero-order chi connectivity index (χ0) is 31.1. The molecule has 6 rings (SSSR count). The van der Waals surface area contributed by atoms with Gasteiger partial charge in [-0.1, -0.05) is 17.9 Å². The first-order chi connectivity index (χ1) is 21.1. The summed E-state index contributed by atoms with van der Waals surface area (Å²) in [6, 6.07) is 12.0. The molecule has 5 aromatic rings. The number of fused-ring (bicyclic) bond motifs is 3. The van der Waals surface area contributed by atoms with E-state index in [1.165, 1.54) is 16.7 Å². The predicted molar refractivity (Wildman–Crippen MR) is 166 cm³/mol. The molecule has 3 aromatic heterocycles. The summed E-state index contributed by atoms with van der Waals surface area (Å²) in [5.74, 6) is 4.44. The largest absolute Gasteiger partial charge is 0.365 e. The first kappa shape index (κ1) is 29.2. The number of hydrogen-bond donors (Lipinski definition) is 1. The van der Waals surface area contributed by atoms with E-state index < -0.39 is 29.1 Å². The first-order valence-corrected chi connectivity index (χ1v) is 14.6. The van der Waals surface area contributed by atoms with E-state index in [-0.39, 0.29) is 12.0 Å². The van der Waals surface area contributed by atoms with Crippen LogP contribution >= 0.6 is 0 Å². The number of piperidine rings is 1. The molecule has 0 spiro atoms. The molecule has 0 unspecified atom stereocenters. The van der Waals surface area contributed by atoms with E-state index >= 15 is 0 Å². The zero-order valence-corrected chi connectivity index (χ0v) is 24.8. The van der Waals surface area contributed by atoms with Gasteiger partial charge in [-0.25, -0.2) is 13.8 Å². The number of rotatable bonds is 5. The Kier molecular flexibility index (Phi) is 7.74. The van der Waals surface area contributed by atoms with Gasteiger partial charge in [-0.2, -0.15) is 0 Å². The molecular formula is C34H32F2N6O2. The summed E-state index contributed by atoms with van der Waals surface area (Å²) in [7, 11) is 2.15. The normalized spacial score (nSPS) is 14.9. The van der Waals surface area contributed by atoms with E-state index in [1.807, 2.05) is 31.3 Å². The fourth-order valence-electron chi connectivity index (χ4n) is 6.18. The first-order valence-electron chi connectivity index (χ1n) is 14.6. The number of aryl methyl sites for hydroxylation is 1. The van der Waals surface area contributed by atoms with Crippen LogP contribution in [-0.4, -0.2) is 50.0 Å². The number of hydrogen-bond acceptors (Lipinski definition) is 5. The minimum absolute atomic E-state index is 0.162. The van der Waals surface area contributed by atoms with E-state index in [2.05, 4.69) is 33.3 Å². The van der Waals surface area contributed by atoms with Crippen LogP contribution in [0.1, 0.15) is 64.9 Å². The van der Waals surface area contributed by atoms with Gasteiger partial charge in [-0.15, -0.1) is 0 Å². The van der Waals surface area contributed by atoms with Gasteiger partial charge in [0, 0.05) is 29.1 Å². The molecule has 4 heterocycles. The fraction of sp³-hybridized carbons (Fsp3) is 0.294. The van der Waals surface area contributed by atoms with Crippen molar-refractivity contribution in [2.75, 3.05) is 20.1 Å². The lowest BCUT2D eigenvalue weighted by Crippen LogP contribution is -2.33. The Morgan fingerprint density at radius 1 is 1.07 bits per heavy atom. The third-order valence-corrected chi connectivity index (χ3v) is 8.53. The number of likely N-dealkylation sites (tertiary alicyclic amines) is 1. The third kappa shape index (κ3) is 5.35. The number of halogens is 2. The van der Waals surface area contributed by atoms with Gasteiger partial charge in [0.1, 0.15) is 16.9 Å². The van der Waals surface area contributed by atoms with Crippen LogP contribution < -0.4 is 11.3 Å². The highest BCUT2D eigenvalue weighted by molar-refractivity contribution is 6.03. The quantitative estimate of drug-likeness (QED) is 0.292. The molecule has 224 valence electrons. The Labute approximate surface area is 253 Å². The van der Waals surface area contributed by atoms with Crippen molar-refractivity contribution in [3.8, 4) is 11.8 Å². The van der Waals surface area contributed by atoms with Crippen LogP contribution in [0.15, 0.2) is 59.5 Å². The predicted octanol–water partition coefficient (Wildman–Crippen LogP) is 4.90. The summed E-state index contributed by atoms with van der Waals surface area (Å²) >= 11 is 0. The molecule has 1 aliphatic heterocycles. The van der Waals surface area contributed by atoms with Crippen LogP contribution in [0.25, 0.3) is 21.9 Å². The lowest BCUT2D eigenvalue weighted by molar-refractivity contribution is 0.0998. The van der Waals surface area contributed by atoms with Crippen LogP contribution in [0, 0.1) is 30.4 Å². The van der Waals surface area contributed by atoms with E-state index in [0.29, 0.717) is 17.3 Å². The monoisotopic (exact) mass is 594 g/mol. The summed E-state index contributed by atoms with van der Waals surface area (Å²) in [4.78, 5) is 37.1. The minimum Gasteiger partial charge on any atom is -0.365 e. The van der Waals surface area contributed by atoms with E-state index in [4.69, 9.17) is 10.7 Å². The topological polar surface area (TPSA) is 99.0 Å². The number of benzene rings is 2. The summed E-state index contributed by atoms with van der Waals surface area (Å²) in [6.45, 7) is 5.78. The summed E-state index contributed by atoms with van der Waals surface area (Å²) in [5.41, 5.74) is 9.03. The summed E-state index contributed by atoms with van der Waals surface area (Å²) in [5, 5.41) is 0.975. The van der Waals surface area contributed by atoms with Crippen molar-refractivity contribution in [2.24, 2.45) is 5.73 Å². The molecule has 1 aliphatic rings. The number of pyridine rings is 2. The number of carbonyl (C=O) groups is 1. The Morgan fingerprint density at radius 2 is 1.84 bits per heavy atom. The van der Waals surface area contributed by atoms with Crippen LogP contribution in [0.3, 0.4) is 0 Å². The van der Waals surface area contributed by atoms with Crippen LogP contribution in [0.5, 0.6) is 0 Å². The maximum Gasteiger partial charge on any atom is 0.264 e. The minimum atomic E-state index is -1.03. The molecule has 2 aromatic carbocycles. The molecule has 1 atom stereocenters. The number of imidazole rings is 1. The average Bonchev–Trinajstić information content (AvgIpc) is 3.34. The van der Waals surface area contributed by atoms with Gasteiger partial charge < -0.3 is 19.8 Å². The maximum atomic E-state index is 14.0. The molecule has 44 heavy (non-hydrogen) atoms. The fourth-order valence-corrected chi connectivity index (χ4v) is 6.18. The summed E-state index contributed by atoms with van der Waals surface area (Å²) in [6.07, 6.45) is 4.08. The summed E-state index contributed by atoms with van der Waals surface area (Å²) < 4.78 is 31.4. The second kappa shape index (κ2) is 11.7. The molecule has 10 heteroatoms. The van der Waals surface area contributed by atoms with E-state index in [0.717, 1.165) is 71.4 Å². The SMILES string of the molecule is Cc1nc2cnc3ccc(C#CCc4ccc(C(N)=O)c(=O)n4[C@H](C)c4ccc(F)c(F)c4)cc3c2n1C1CCN(C)CC1. The van der Waals surface area contributed by atoms with Gasteiger partial charge >= 0.3 is 0 Å². The zero-order valence-electron chi connectivity index (χ0n) is 24.8. The lowest BCUT2D eigenvalue weighted by atomic mass is 10.0. The molecule has 1 amide bonds. The van der Waals surface area contributed by atoms with Crippen molar-refractivity contribution in [1.82, 2.24) is 24.0 Å². The van der Waals surface area contributed by atoms with Gasteiger partial charge in [-0.3, -0.25) is 14.6 Å². The van der Waals surface area contributed by atoms with Gasteiger partial charge in [0.2, 0.25) is 0 Å². The van der Waals surface area contributed by atoms with Crippen LogP contribution in [-0.2, 0) is 6.42 Å². The standard InChI is InChI=1S/C34H32F2N6O2/c1-20(23-8-11-28(35)29(36)18-23)41-24(9-10-26(33(37)43)34(41)44)6-4-5-22-7-12-30-27(17-22)32-31(19-38-30)39-21(2)42(32)25-13-15-40(3)16-14-25/h7-12,17-20,25H,6,13-16H2,1-3H3,(H2,37,43)/t20-/m1/s1. The smallest absolute Gasteiger partial charge is 0.264 e. The van der Waals surface area contributed by atoms with Crippen LogP contribution in [0.4, 0.5) is 8.78 Å². The van der Waals surface area contributed by atoms with Gasteiger partial charge in [0.05, 0.1) is 23.3 Å². The third-order valence-electron chi connectivity index (χ3n) is 8.53. The number of nitrogens with two attached hydrogens (primary N) is 1. The number of nitrogens with zero attached hydrogens (tertiary/aromatic N) is 5. The second-order valence-corrected chi connectivity index (χ2v) is 11.4. The highest BCUT2D eigenvalue weighted by Gasteiger charge is 2.23. The van der Waals surface area contributed by atoms with Gasteiger partial charge in [0.25, 0.3) is 11.5 Å². The number of primary amides is 1. The molecule has 8 nitrogen and oxygen atoms in total. The maximum absolute atomic E-state index is 14.0. The van der Waals surface area contributed by atoms with Crippen molar-refractivity contribution in [3.63, 3.8) is 0 Å². The number of carbonyl (C=O) groups excluding carboxylic acids is 1. The number of amides is 1. The molecule has 1 saturated heterocycles. The Hall–Kier alpha value is -4.88. The van der Waals surface area contributed by atoms with Crippen molar-refractivity contribution in [2.45, 2.75) is 45.2 Å². The van der Waals surface area contributed by atoms with Gasteiger partial charge in [0.15, 0.2) is 11.6 Å². The van der Waals surface area contributed by atoms with Crippen molar-refractivity contribution < 1.29 is 13.6 Å². The van der Waals surface area contributed by atoms with Gasteiger partial charge in [-0.05, 0) is 94.9 Å². The average molecular weight is 595 g/mol. The highest BCUT2D eigenvalue weighted by Crippen LogP contribution is 2.32. The molecule has 0 radical (unpaired) electrons. The highest BCUT2D eigenvalue weighted by atomic mass is 19.2. The van der Waals surface area contributed by atoms with E-state index in [1.54, 1.807) is 13.0 Å². The molecule has 0 bridgehead atoms. The van der Waals surface area contributed by atoms with Crippen LogP contribution in [0.2, 0.25) is 0 Å². The molecule has 2 N–H and O–H groups in total. The lowest BCUT2D eigenvalue weighted by Gasteiger charge is -2.31. The Bertz CT molecular complexity index is 2050. The van der Waals surface area contributed by atoms with E-state index in [9.17, 15) is 18.4 Å². The Balaban J connectivity index is 1.38. The molecular weight excluding hydrogens is 562 g/mol. The van der Waals surface area contributed by atoms with Crippen molar-refractivity contribution >= 4 is 27.8 Å². The number of aromatic nitrogens is 4. The molecule has 0 aliphatic carbocycles. The second-order valence-electron chi connectivity index (χ2n) is 11.4. The molecule has 0 saturated carbocycles. The van der Waals surface area contributed by atoms with Crippen molar-refractivity contribution in [3.05, 3.63) is 105 Å².